The number of aromatic hydroxyl groups is 2. The van der Waals surface area contributed by atoms with E-state index in [4.69, 9.17) is 14.2 Å². The van der Waals surface area contributed by atoms with Gasteiger partial charge in [0.2, 0.25) is 0 Å². The molecule has 8 nitrogen and oxygen atoms in total. The maximum absolute atomic E-state index is 12.9. The van der Waals surface area contributed by atoms with E-state index in [0.29, 0.717) is 27.9 Å². The zero-order valence-corrected chi connectivity index (χ0v) is 18.1. The van der Waals surface area contributed by atoms with E-state index < -0.39 is 23.3 Å². The highest BCUT2D eigenvalue weighted by Gasteiger charge is 2.53. The summed E-state index contributed by atoms with van der Waals surface area (Å²) in [5.41, 5.74) is 0.146. The van der Waals surface area contributed by atoms with Gasteiger partial charge in [0.1, 0.15) is 28.6 Å². The summed E-state index contributed by atoms with van der Waals surface area (Å²) in [5, 5.41) is 22.7. The highest BCUT2D eigenvalue weighted by molar-refractivity contribution is 5.98. The number of nitrogens with one attached hydrogen (secondary N) is 1. The molecule has 0 unspecified atom stereocenters. The number of phenolic OH excluding ortho intramolecular Hbond substituents is 2. The Labute approximate surface area is 189 Å². The first-order valence-electron chi connectivity index (χ1n) is 10.3. The monoisotopic (exact) mass is 447 g/mol. The summed E-state index contributed by atoms with van der Waals surface area (Å²) in [4.78, 5) is 25.3. The zero-order valence-electron chi connectivity index (χ0n) is 18.1. The van der Waals surface area contributed by atoms with Crippen LogP contribution in [0.2, 0.25) is 0 Å². The summed E-state index contributed by atoms with van der Waals surface area (Å²) >= 11 is 0. The van der Waals surface area contributed by atoms with Crippen molar-refractivity contribution in [2.24, 2.45) is 0 Å². The molecular formula is C25H21NO7. The molecule has 5 rings (SSSR count). The molecule has 3 N–H and O–H groups in total. The summed E-state index contributed by atoms with van der Waals surface area (Å²) in [7, 11) is 0. The van der Waals surface area contributed by atoms with Crippen LogP contribution in [0, 0.1) is 0 Å². The fourth-order valence-electron chi connectivity index (χ4n) is 4.20. The van der Waals surface area contributed by atoms with Crippen molar-refractivity contribution < 1.29 is 34.0 Å². The Kier molecular flexibility index (Phi) is 4.32. The minimum absolute atomic E-state index is 0.0302. The summed E-state index contributed by atoms with van der Waals surface area (Å²) in [6.07, 6.45) is -0.635. The summed E-state index contributed by atoms with van der Waals surface area (Å²) in [6.45, 7) is 5.28. The molecule has 0 saturated heterocycles. The molecule has 3 aromatic carbocycles. The van der Waals surface area contributed by atoms with Crippen molar-refractivity contribution in [3.63, 3.8) is 0 Å². The van der Waals surface area contributed by atoms with E-state index in [1.165, 1.54) is 24.3 Å². The number of rotatable bonds is 1. The molecule has 0 saturated carbocycles. The average Bonchev–Trinajstić information content (AvgIpc) is 2.98. The Morgan fingerprint density at radius 2 is 1.52 bits per heavy atom. The Balaban J connectivity index is 1.70. The van der Waals surface area contributed by atoms with Crippen LogP contribution in [0.1, 0.15) is 47.8 Å². The van der Waals surface area contributed by atoms with Gasteiger partial charge in [-0.1, -0.05) is 0 Å². The number of esters is 1. The molecule has 33 heavy (non-hydrogen) atoms. The van der Waals surface area contributed by atoms with Gasteiger partial charge in [0, 0.05) is 34.5 Å². The maximum atomic E-state index is 12.9. The molecule has 2 aliphatic rings. The Morgan fingerprint density at radius 3 is 2.09 bits per heavy atom. The van der Waals surface area contributed by atoms with Crippen LogP contribution in [0.25, 0.3) is 0 Å². The fourth-order valence-corrected chi connectivity index (χ4v) is 4.20. The second-order valence-electron chi connectivity index (χ2n) is 8.92. The molecule has 0 aliphatic carbocycles. The lowest BCUT2D eigenvalue weighted by atomic mass is 9.77. The van der Waals surface area contributed by atoms with E-state index in [2.05, 4.69) is 5.32 Å². The lowest BCUT2D eigenvalue weighted by molar-refractivity contribution is 0.0224. The van der Waals surface area contributed by atoms with E-state index in [1.807, 2.05) is 0 Å². The molecule has 168 valence electrons. The van der Waals surface area contributed by atoms with Crippen molar-refractivity contribution in [1.82, 2.24) is 0 Å². The first-order chi connectivity index (χ1) is 15.6. The minimum atomic E-state index is -1.40. The lowest BCUT2D eigenvalue weighted by Gasteiger charge is -2.36. The van der Waals surface area contributed by atoms with Crippen LogP contribution in [-0.2, 0) is 15.1 Å². The SMILES string of the molecule is CC(C)(C)OC(=O)Nc1ccc2c(c1)C1(OC2=O)c2ccc(O)cc2Oc2cc(O)ccc21. The maximum Gasteiger partial charge on any atom is 0.412 e. The molecule has 0 atom stereocenters. The number of fused-ring (bicyclic) bond motifs is 6. The van der Waals surface area contributed by atoms with Gasteiger partial charge in [0.25, 0.3) is 0 Å². The van der Waals surface area contributed by atoms with Gasteiger partial charge in [-0.15, -0.1) is 0 Å². The van der Waals surface area contributed by atoms with Crippen molar-refractivity contribution in [3.8, 4) is 23.0 Å². The van der Waals surface area contributed by atoms with Crippen LogP contribution < -0.4 is 10.1 Å². The molecule has 2 heterocycles. The first kappa shape index (κ1) is 20.7. The molecule has 1 amide bonds. The van der Waals surface area contributed by atoms with Gasteiger partial charge in [0.15, 0.2) is 5.60 Å². The number of phenols is 2. The largest absolute Gasteiger partial charge is 0.508 e. The van der Waals surface area contributed by atoms with Crippen molar-refractivity contribution in [3.05, 3.63) is 76.9 Å². The smallest absolute Gasteiger partial charge is 0.412 e. The van der Waals surface area contributed by atoms with Crippen LogP contribution in [0.4, 0.5) is 10.5 Å². The summed E-state index contributed by atoms with van der Waals surface area (Å²) in [6, 6.07) is 13.9. The standard InChI is InChI=1S/C25H21NO7/c1-24(2,3)33-23(30)26-13-4-7-16-19(10-13)25(32-22(16)29)17-8-5-14(27)11-20(17)31-21-12-15(28)6-9-18(21)25/h4-12,27-28H,1-3H3,(H,26,30). The highest BCUT2D eigenvalue weighted by atomic mass is 16.6. The van der Waals surface area contributed by atoms with Gasteiger partial charge in [-0.05, 0) is 63.2 Å². The Morgan fingerprint density at radius 1 is 0.909 bits per heavy atom. The average molecular weight is 447 g/mol. The van der Waals surface area contributed by atoms with Crippen LogP contribution in [0.5, 0.6) is 23.0 Å². The van der Waals surface area contributed by atoms with Gasteiger partial charge < -0.3 is 24.4 Å². The zero-order chi connectivity index (χ0) is 23.5. The number of hydrogen-bond donors (Lipinski definition) is 3. The van der Waals surface area contributed by atoms with E-state index in [9.17, 15) is 19.8 Å². The number of benzene rings is 3. The lowest BCUT2D eigenvalue weighted by Crippen LogP contribution is -2.33. The molecule has 2 aliphatic heterocycles. The van der Waals surface area contributed by atoms with Crippen molar-refractivity contribution >= 4 is 17.7 Å². The fraction of sp³-hybridized carbons (Fsp3) is 0.200. The normalized spacial score (nSPS) is 15.1. The van der Waals surface area contributed by atoms with E-state index in [-0.39, 0.29) is 23.0 Å². The van der Waals surface area contributed by atoms with Crippen molar-refractivity contribution in [1.29, 1.82) is 0 Å². The van der Waals surface area contributed by atoms with Crippen LogP contribution in [-0.4, -0.2) is 27.9 Å². The van der Waals surface area contributed by atoms with Crippen LogP contribution >= 0.6 is 0 Å². The second-order valence-corrected chi connectivity index (χ2v) is 8.92. The first-order valence-corrected chi connectivity index (χ1v) is 10.3. The molecule has 0 aromatic heterocycles. The predicted octanol–water partition coefficient (Wildman–Crippen LogP) is 5.01. The van der Waals surface area contributed by atoms with Gasteiger partial charge in [0.05, 0.1) is 5.56 Å². The number of carbonyl (C=O) groups excluding carboxylic acids is 2. The van der Waals surface area contributed by atoms with Crippen molar-refractivity contribution in [2.75, 3.05) is 5.32 Å². The third kappa shape index (κ3) is 3.31. The number of hydrogen-bond acceptors (Lipinski definition) is 7. The number of ether oxygens (including phenoxy) is 3. The van der Waals surface area contributed by atoms with Crippen molar-refractivity contribution in [2.45, 2.75) is 32.0 Å². The van der Waals surface area contributed by atoms with E-state index in [1.54, 1.807) is 51.1 Å². The number of carbonyl (C=O) groups is 2. The molecule has 8 heteroatoms. The number of amides is 1. The molecule has 1 spiro atoms. The van der Waals surface area contributed by atoms with Crippen LogP contribution in [0.15, 0.2) is 54.6 Å². The molecule has 0 bridgehead atoms. The Hall–Kier alpha value is -4.20. The van der Waals surface area contributed by atoms with Gasteiger partial charge >= 0.3 is 12.1 Å². The van der Waals surface area contributed by atoms with Gasteiger partial charge in [-0.2, -0.15) is 0 Å². The highest BCUT2D eigenvalue weighted by Crippen LogP contribution is 2.57. The summed E-state index contributed by atoms with van der Waals surface area (Å²) in [5.74, 6) is -0.0536. The molecular weight excluding hydrogens is 426 g/mol. The van der Waals surface area contributed by atoms with Crippen LogP contribution in [0.3, 0.4) is 0 Å². The van der Waals surface area contributed by atoms with Gasteiger partial charge in [-0.25, -0.2) is 9.59 Å². The van der Waals surface area contributed by atoms with E-state index in [0.717, 1.165) is 0 Å². The second kappa shape index (κ2) is 6.90. The van der Waals surface area contributed by atoms with Gasteiger partial charge in [-0.3, -0.25) is 5.32 Å². The summed E-state index contributed by atoms with van der Waals surface area (Å²) < 4.78 is 17.3. The quantitative estimate of drug-likeness (QED) is 0.449. The number of anilines is 1. The predicted molar refractivity (Wildman–Crippen MR) is 118 cm³/mol. The Bertz CT molecular complexity index is 1270. The molecule has 0 radical (unpaired) electrons. The third-order valence-electron chi connectivity index (χ3n) is 5.42. The topological polar surface area (TPSA) is 114 Å². The van der Waals surface area contributed by atoms with E-state index >= 15 is 0 Å². The minimum Gasteiger partial charge on any atom is -0.508 e. The molecule has 0 fully saturated rings. The third-order valence-corrected chi connectivity index (χ3v) is 5.42. The molecule has 3 aromatic rings.